The summed E-state index contributed by atoms with van der Waals surface area (Å²) in [6.45, 7) is 0. The van der Waals surface area contributed by atoms with Crippen molar-refractivity contribution >= 4 is 55.2 Å². The molecular formula is C41H27Br. The Balaban J connectivity index is 1.53. The van der Waals surface area contributed by atoms with Crippen LogP contribution < -0.4 is 10.4 Å². The molecule has 0 saturated carbocycles. The van der Waals surface area contributed by atoms with Gasteiger partial charge >= 0.3 is 0 Å². The molecule has 0 fully saturated rings. The van der Waals surface area contributed by atoms with Gasteiger partial charge in [-0.15, -0.1) is 0 Å². The summed E-state index contributed by atoms with van der Waals surface area (Å²) in [6, 6.07) is 48.3. The van der Waals surface area contributed by atoms with Crippen molar-refractivity contribution < 1.29 is 0 Å². The highest BCUT2D eigenvalue weighted by atomic mass is 79.9. The van der Waals surface area contributed by atoms with Gasteiger partial charge in [-0.3, -0.25) is 0 Å². The summed E-state index contributed by atoms with van der Waals surface area (Å²) >= 11 is 3.57. The summed E-state index contributed by atoms with van der Waals surface area (Å²) in [5.41, 5.74) is 7.07. The van der Waals surface area contributed by atoms with Crippen molar-refractivity contribution in [3.63, 3.8) is 0 Å². The Kier molecular flexibility index (Phi) is 5.94. The first-order chi connectivity index (χ1) is 20.7. The summed E-state index contributed by atoms with van der Waals surface area (Å²) < 4.78 is 1.09. The second-order valence-electron chi connectivity index (χ2n) is 11.1. The average Bonchev–Trinajstić information content (AvgIpc) is 3.45. The van der Waals surface area contributed by atoms with Crippen molar-refractivity contribution in [2.45, 2.75) is 5.41 Å². The van der Waals surface area contributed by atoms with Gasteiger partial charge in [0, 0.05) is 4.47 Å². The van der Waals surface area contributed by atoms with Crippen molar-refractivity contribution in [1.82, 2.24) is 0 Å². The monoisotopic (exact) mass is 598 g/mol. The van der Waals surface area contributed by atoms with Gasteiger partial charge in [0.05, 0.1) is 5.41 Å². The lowest BCUT2D eigenvalue weighted by molar-refractivity contribution is 0.826. The second-order valence-corrected chi connectivity index (χ2v) is 12.0. The Morgan fingerprint density at radius 1 is 0.500 bits per heavy atom. The number of fused-ring (bicyclic) bond motifs is 7. The molecule has 0 atom stereocenters. The highest BCUT2D eigenvalue weighted by molar-refractivity contribution is 9.10. The molecule has 0 radical (unpaired) electrons. The molecule has 0 aromatic heterocycles. The third kappa shape index (κ3) is 3.89. The molecular weight excluding hydrogens is 572 g/mol. The predicted octanol–water partition coefficient (Wildman–Crippen LogP) is 9.27. The number of benzene rings is 6. The molecule has 8 rings (SSSR count). The summed E-state index contributed by atoms with van der Waals surface area (Å²) in [7, 11) is 0. The van der Waals surface area contributed by atoms with Crippen LogP contribution in [-0.2, 0) is 5.41 Å². The van der Waals surface area contributed by atoms with E-state index < -0.39 is 5.41 Å². The fourth-order valence-corrected chi connectivity index (χ4v) is 7.19. The molecule has 0 N–H and O–H groups in total. The zero-order valence-corrected chi connectivity index (χ0v) is 24.6. The first-order valence-corrected chi connectivity index (χ1v) is 15.2. The molecule has 0 spiro atoms. The summed E-state index contributed by atoms with van der Waals surface area (Å²) in [5.74, 6) is 0. The maximum Gasteiger partial charge on any atom is 0.0653 e. The van der Waals surface area contributed by atoms with E-state index in [4.69, 9.17) is 0 Å². The second kappa shape index (κ2) is 9.98. The van der Waals surface area contributed by atoms with Crippen molar-refractivity contribution in [3.05, 3.63) is 194 Å². The zero-order chi connectivity index (χ0) is 28.1. The Morgan fingerprint density at radius 2 is 1.05 bits per heavy atom. The lowest BCUT2D eigenvalue weighted by Crippen LogP contribution is -2.36. The minimum atomic E-state index is -0.473. The van der Waals surface area contributed by atoms with Crippen LogP contribution in [0.5, 0.6) is 0 Å². The topological polar surface area (TPSA) is 0 Å². The maximum absolute atomic E-state index is 3.57. The summed E-state index contributed by atoms with van der Waals surface area (Å²) in [5, 5.41) is 7.87. The molecule has 6 aromatic carbocycles. The molecule has 2 aliphatic rings. The van der Waals surface area contributed by atoms with E-state index in [1.165, 1.54) is 65.4 Å². The molecule has 0 amide bonds. The lowest BCUT2D eigenvalue weighted by atomic mass is 9.64. The van der Waals surface area contributed by atoms with Gasteiger partial charge in [0.1, 0.15) is 0 Å². The predicted molar refractivity (Wildman–Crippen MR) is 182 cm³/mol. The Morgan fingerprint density at radius 3 is 1.69 bits per heavy atom. The van der Waals surface area contributed by atoms with Gasteiger partial charge in [0.15, 0.2) is 0 Å². The molecule has 0 unspecified atom stereocenters. The van der Waals surface area contributed by atoms with Gasteiger partial charge < -0.3 is 0 Å². The number of rotatable bonds is 4. The average molecular weight is 600 g/mol. The van der Waals surface area contributed by atoms with E-state index in [-0.39, 0.29) is 0 Å². The minimum Gasteiger partial charge on any atom is -0.0622 e. The third-order valence-corrected chi connectivity index (χ3v) is 9.24. The van der Waals surface area contributed by atoms with E-state index in [9.17, 15) is 0 Å². The maximum atomic E-state index is 3.57. The number of hydrogen-bond donors (Lipinski definition) is 0. The van der Waals surface area contributed by atoms with Gasteiger partial charge in [0.25, 0.3) is 0 Å². The van der Waals surface area contributed by atoms with Gasteiger partial charge in [0.2, 0.25) is 0 Å². The Hall–Kier alpha value is -4.72. The molecule has 0 heterocycles. The highest BCUT2D eigenvalue weighted by Crippen LogP contribution is 2.49. The highest BCUT2D eigenvalue weighted by Gasteiger charge is 2.41. The van der Waals surface area contributed by atoms with Crippen molar-refractivity contribution in [1.29, 1.82) is 0 Å². The largest absolute Gasteiger partial charge is 0.0653 e. The molecule has 0 aliphatic heterocycles. The van der Waals surface area contributed by atoms with Gasteiger partial charge in [-0.25, -0.2) is 0 Å². The van der Waals surface area contributed by atoms with E-state index in [2.05, 4.69) is 180 Å². The van der Waals surface area contributed by atoms with Crippen LogP contribution in [0.25, 0.3) is 39.3 Å². The van der Waals surface area contributed by atoms with Crippen molar-refractivity contribution in [2.24, 2.45) is 0 Å². The van der Waals surface area contributed by atoms with Crippen LogP contribution in [0.1, 0.15) is 16.7 Å². The Bertz CT molecular complexity index is 2180. The van der Waals surface area contributed by atoms with Crippen LogP contribution >= 0.6 is 15.9 Å². The van der Waals surface area contributed by atoms with E-state index >= 15 is 0 Å². The van der Waals surface area contributed by atoms with Crippen LogP contribution in [0.2, 0.25) is 0 Å². The fraction of sp³-hybridized carbons (Fsp3) is 0.0244. The number of halogens is 1. The molecule has 2 aliphatic carbocycles. The smallest absolute Gasteiger partial charge is 0.0622 e. The van der Waals surface area contributed by atoms with Crippen LogP contribution in [0.3, 0.4) is 0 Å². The molecule has 42 heavy (non-hydrogen) atoms. The van der Waals surface area contributed by atoms with Gasteiger partial charge in [-0.2, -0.15) is 0 Å². The normalized spacial score (nSPS) is 15.3. The quantitative estimate of drug-likeness (QED) is 0.177. The summed E-state index contributed by atoms with van der Waals surface area (Å²) in [6.07, 6.45) is 11.8. The van der Waals surface area contributed by atoms with Gasteiger partial charge in [-0.1, -0.05) is 155 Å². The van der Waals surface area contributed by atoms with E-state index in [0.29, 0.717) is 0 Å². The lowest BCUT2D eigenvalue weighted by Gasteiger charge is -2.38. The van der Waals surface area contributed by atoms with Crippen LogP contribution in [0.15, 0.2) is 167 Å². The van der Waals surface area contributed by atoms with Crippen molar-refractivity contribution in [3.8, 4) is 0 Å². The molecule has 0 saturated heterocycles. The van der Waals surface area contributed by atoms with E-state index in [1.54, 1.807) is 0 Å². The molecule has 0 bridgehead atoms. The Labute approximate surface area is 254 Å². The molecule has 1 heteroatoms. The molecule has 0 nitrogen and oxygen atoms in total. The van der Waals surface area contributed by atoms with E-state index in [1.807, 2.05) is 0 Å². The van der Waals surface area contributed by atoms with Crippen LogP contribution in [0.4, 0.5) is 0 Å². The first kappa shape index (κ1) is 25.0. The zero-order valence-electron chi connectivity index (χ0n) is 23.0. The summed E-state index contributed by atoms with van der Waals surface area (Å²) in [4.78, 5) is 0. The van der Waals surface area contributed by atoms with Crippen LogP contribution in [-0.4, -0.2) is 0 Å². The third-order valence-electron chi connectivity index (χ3n) is 8.71. The van der Waals surface area contributed by atoms with E-state index in [0.717, 1.165) is 4.47 Å². The van der Waals surface area contributed by atoms with Gasteiger partial charge in [-0.05, 0) is 89.7 Å². The number of hydrogen-bond acceptors (Lipinski definition) is 0. The molecule has 198 valence electrons. The molecule has 6 aromatic rings. The van der Waals surface area contributed by atoms with Crippen LogP contribution in [0, 0.1) is 0 Å². The minimum absolute atomic E-state index is 0.473. The fourth-order valence-electron chi connectivity index (χ4n) is 6.93. The van der Waals surface area contributed by atoms with Crippen molar-refractivity contribution in [2.75, 3.05) is 0 Å². The first-order valence-electron chi connectivity index (χ1n) is 14.4. The standard InChI is InChI=1S/C41H27Br/c42-33-23-21-28(22-24-33)19-20-29-25-30-26-38-36-17-8-7-15-34(36)35-16-9-10-18-37(35)39(38)40(30)41(27-29,31-11-3-1-4-12-31)32-13-5-2-6-14-32/h1-27H/b20-19+. The number of allylic oxidation sites excluding steroid dienone is 5. The SMILES string of the molecule is Brc1ccc(/C=C/C2=CC(c3ccccc3)(c3ccccc3)C3=c4c(c5ccccc5c5ccccc45)=CC3=C2)cc1.